The molecule has 4 rings (SSSR count). The minimum absolute atomic E-state index is 0. The van der Waals surface area contributed by atoms with E-state index >= 15 is 0 Å². The van der Waals surface area contributed by atoms with Crippen LogP contribution >= 0.6 is 12.4 Å². The van der Waals surface area contributed by atoms with Crippen molar-refractivity contribution in [2.45, 2.75) is 57.7 Å². The number of benzene rings is 1. The highest BCUT2D eigenvalue weighted by atomic mass is 35.5. The van der Waals surface area contributed by atoms with Gasteiger partial charge in [0, 0.05) is 19.1 Å². The molecule has 3 atom stereocenters. The molecule has 2 heterocycles. The van der Waals surface area contributed by atoms with Gasteiger partial charge in [-0.05, 0) is 49.8 Å². The summed E-state index contributed by atoms with van der Waals surface area (Å²) in [5, 5.41) is 3.60. The van der Waals surface area contributed by atoms with Gasteiger partial charge in [-0.3, -0.25) is 4.79 Å². The zero-order chi connectivity index (χ0) is 16.5. The molecule has 25 heavy (non-hydrogen) atoms. The van der Waals surface area contributed by atoms with Gasteiger partial charge < -0.3 is 19.7 Å². The van der Waals surface area contributed by atoms with Crippen LogP contribution in [-0.4, -0.2) is 36.2 Å². The van der Waals surface area contributed by atoms with Crippen LogP contribution in [0.2, 0.25) is 0 Å². The molecular formula is C19H27ClN2O3. The molecule has 2 aliphatic heterocycles. The van der Waals surface area contributed by atoms with Crippen LogP contribution in [-0.2, 0) is 11.3 Å². The van der Waals surface area contributed by atoms with E-state index in [-0.39, 0.29) is 31.1 Å². The minimum atomic E-state index is -0.00735. The first kappa shape index (κ1) is 18.3. The summed E-state index contributed by atoms with van der Waals surface area (Å²) in [4.78, 5) is 14.9. The molecule has 1 saturated heterocycles. The maximum absolute atomic E-state index is 13.0. The average Bonchev–Trinajstić information content (AvgIpc) is 3.24. The molecule has 2 fully saturated rings. The third kappa shape index (κ3) is 3.72. The molecule has 1 amide bonds. The Morgan fingerprint density at radius 1 is 1.24 bits per heavy atom. The first-order valence-corrected chi connectivity index (χ1v) is 9.18. The molecule has 1 aliphatic carbocycles. The topological polar surface area (TPSA) is 50.8 Å². The Balaban J connectivity index is 0.00000182. The van der Waals surface area contributed by atoms with Crippen molar-refractivity contribution in [1.29, 1.82) is 0 Å². The van der Waals surface area contributed by atoms with Gasteiger partial charge >= 0.3 is 0 Å². The van der Waals surface area contributed by atoms with Crippen LogP contribution in [0.5, 0.6) is 11.5 Å². The number of nitrogens with zero attached hydrogens (tertiary/aromatic N) is 1. The molecular weight excluding hydrogens is 340 g/mol. The highest BCUT2D eigenvalue weighted by Crippen LogP contribution is 2.35. The van der Waals surface area contributed by atoms with Crippen molar-refractivity contribution in [3.05, 3.63) is 23.8 Å². The number of hydrogen-bond acceptors (Lipinski definition) is 4. The average molecular weight is 367 g/mol. The molecule has 0 radical (unpaired) electrons. The number of amides is 1. The first-order valence-electron chi connectivity index (χ1n) is 9.18. The molecule has 138 valence electrons. The van der Waals surface area contributed by atoms with Gasteiger partial charge in [-0.2, -0.15) is 0 Å². The van der Waals surface area contributed by atoms with Gasteiger partial charge in [0.1, 0.15) is 0 Å². The molecule has 1 aromatic rings. The molecule has 1 saturated carbocycles. The number of carbonyl (C=O) groups is 1. The summed E-state index contributed by atoms with van der Waals surface area (Å²) in [5.41, 5.74) is 1.09. The van der Waals surface area contributed by atoms with Crippen molar-refractivity contribution in [3.63, 3.8) is 0 Å². The smallest absolute Gasteiger partial charge is 0.240 e. The molecule has 0 spiro atoms. The molecule has 3 aliphatic rings. The number of rotatable bonds is 4. The second-order valence-corrected chi connectivity index (χ2v) is 7.15. The van der Waals surface area contributed by atoms with E-state index in [1.807, 2.05) is 30.0 Å². The van der Waals surface area contributed by atoms with Crippen molar-refractivity contribution in [2.24, 2.45) is 5.92 Å². The summed E-state index contributed by atoms with van der Waals surface area (Å²) in [7, 11) is 0. The first-order chi connectivity index (χ1) is 11.7. The zero-order valence-electron chi connectivity index (χ0n) is 14.7. The molecule has 0 aromatic heterocycles. The SMILES string of the molecule is CCN(Cc1ccc2c(c1)OCO2)C(=O)C1CC2CCCCC2N1.Cl. The van der Waals surface area contributed by atoms with Crippen LogP contribution in [0.4, 0.5) is 0 Å². The van der Waals surface area contributed by atoms with Crippen LogP contribution in [0, 0.1) is 5.92 Å². The molecule has 1 N–H and O–H groups in total. The Hall–Kier alpha value is -1.46. The van der Waals surface area contributed by atoms with E-state index in [1.54, 1.807) is 0 Å². The number of carbonyl (C=O) groups excluding carboxylic acids is 1. The molecule has 1 aromatic carbocycles. The number of halogens is 1. The van der Waals surface area contributed by atoms with Crippen LogP contribution < -0.4 is 14.8 Å². The molecule has 5 nitrogen and oxygen atoms in total. The summed E-state index contributed by atoms with van der Waals surface area (Å²) in [6.45, 7) is 3.68. The molecule has 0 bridgehead atoms. The lowest BCUT2D eigenvalue weighted by atomic mass is 9.85. The minimum Gasteiger partial charge on any atom is -0.454 e. The van der Waals surface area contributed by atoms with Crippen molar-refractivity contribution in [3.8, 4) is 11.5 Å². The van der Waals surface area contributed by atoms with Gasteiger partial charge in [-0.15, -0.1) is 12.4 Å². The third-order valence-corrected chi connectivity index (χ3v) is 5.66. The fourth-order valence-electron chi connectivity index (χ4n) is 4.34. The zero-order valence-corrected chi connectivity index (χ0v) is 15.5. The van der Waals surface area contributed by atoms with E-state index in [4.69, 9.17) is 9.47 Å². The predicted octanol–water partition coefficient (Wildman–Crippen LogP) is 3.11. The van der Waals surface area contributed by atoms with Gasteiger partial charge in [-0.25, -0.2) is 0 Å². The van der Waals surface area contributed by atoms with Gasteiger partial charge in [0.2, 0.25) is 12.7 Å². The maximum Gasteiger partial charge on any atom is 0.240 e. The lowest BCUT2D eigenvalue weighted by Crippen LogP contribution is -2.45. The fourth-order valence-corrected chi connectivity index (χ4v) is 4.34. The fraction of sp³-hybridized carbons (Fsp3) is 0.632. The second-order valence-electron chi connectivity index (χ2n) is 7.15. The Morgan fingerprint density at radius 3 is 2.84 bits per heavy atom. The largest absolute Gasteiger partial charge is 0.454 e. The number of nitrogens with one attached hydrogen (secondary N) is 1. The quantitative estimate of drug-likeness (QED) is 0.889. The summed E-state index contributed by atoms with van der Waals surface area (Å²) < 4.78 is 10.8. The number of fused-ring (bicyclic) bond motifs is 2. The van der Waals surface area contributed by atoms with E-state index in [1.165, 1.54) is 25.7 Å². The Labute approximate surface area is 155 Å². The van der Waals surface area contributed by atoms with Gasteiger partial charge in [0.15, 0.2) is 11.5 Å². The Kier molecular flexibility index (Phi) is 5.74. The van der Waals surface area contributed by atoms with E-state index in [2.05, 4.69) is 5.32 Å². The molecule has 3 unspecified atom stereocenters. The van der Waals surface area contributed by atoms with Gasteiger partial charge in [-0.1, -0.05) is 18.9 Å². The van der Waals surface area contributed by atoms with Crippen molar-refractivity contribution < 1.29 is 14.3 Å². The van der Waals surface area contributed by atoms with Crippen LogP contribution in [0.25, 0.3) is 0 Å². The lowest BCUT2D eigenvalue weighted by Gasteiger charge is -2.25. The normalized spacial score (nSPS) is 26.7. The Morgan fingerprint density at radius 2 is 2.04 bits per heavy atom. The van der Waals surface area contributed by atoms with Crippen molar-refractivity contribution in [2.75, 3.05) is 13.3 Å². The monoisotopic (exact) mass is 366 g/mol. The van der Waals surface area contributed by atoms with E-state index in [0.29, 0.717) is 18.5 Å². The van der Waals surface area contributed by atoms with Gasteiger partial charge in [0.05, 0.1) is 6.04 Å². The lowest BCUT2D eigenvalue weighted by molar-refractivity contribution is -0.133. The van der Waals surface area contributed by atoms with Crippen LogP contribution in [0.15, 0.2) is 18.2 Å². The number of hydrogen-bond donors (Lipinski definition) is 1. The highest BCUT2D eigenvalue weighted by Gasteiger charge is 2.39. The van der Waals surface area contributed by atoms with Gasteiger partial charge in [0.25, 0.3) is 0 Å². The summed E-state index contributed by atoms with van der Waals surface area (Å²) in [5.74, 6) is 2.50. The van der Waals surface area contributed by atoms with Crippen molar-refractivity contribution >= 4 is 18.3 Å². The van der Waals surface area contributed by atoms with E-state index in [0.717, 1.165) is 30.0 Å². The summed E-state index contributed by atoms with van der Waals surface area (Å²) >= 11 is 0. The highest BCUT2D eigenvalue weighted by molar-refractivity contribution is 5.85. The van der Waals surface area contributed by atoms with Crippen LogP contribution in [0.3, 0.4) is 0 Å². The Bertz CT molecular complexity index is 611. The van der Waals surface area contributed by atoms with E-state index < -0.39 is 0 Å². The predicted molar refractivity (Wildman–Crippen MR) is 98.2 cm³/mol. The third-order valence-electron chi connectivity index (χ3n) is 5.66. The van der Waals surface area contributed by atoms with E-state index in [9.17, 15) is 4.79 Å². The van der Waals surface area contributed by atoms with Crippen molar-refractivity contribution in [1.82, 2.24) is 10.2 Å². The summed E-state index contributed by atoms with van der Waals surface area (Å²) in [6, 6.07) is 6.48. The maximum atomic E-state index is 13.0. The standard InChI is InChI=1S/C19H26N2O3.ClH/c1-2-21(11-13-7-8-17-18(9-13)24-12-23-17)19(22)16-10-14-5-3-4-6-15(14)20-16;/h7-9,14-16,20H,2-6,10-12H2,1H3;1H. The number of likely N-dealkylation sites (N-methyl/N-ethyl adjacent to an activating group) is 1. The number of ether oxygens (including phenoxy) is 2. The molecule has 6 heteroatoms. The van der Waals surface area contributed by atoms with Crippen LogP contribution in [0.1, 0.15) is 44.6 Å². The second kappa shape index (κ2) is 7.83. The summed E-state index contributed by atoms with van der Waals surface area (Å²) in [6.07, 6.45) is 6.11.